The highest BCUT2D eigenvalue weighted by molar-refractivity contribution is 5.91. The van der Waals surface area contributed by atoms with E-state index in [0.717, 1.165) is 0 Å². The maximum absolute atomic E-state index is 11.4. The molecule has 0 fully saturated rings. The van der Waals surface area contributed by atoms with Crippen molar-refractivity contribution in [1.82, 2.24) is 5.32 Å². The van der Waals surface area contributed by atoms with Crippen molar-refractivity contribution in [3.05, 3.63) is 24.6 Å². The molecule has 0 saturated heterocycles. The largest absolute Gasteiger partial charge is 0.479 e. The Morgan fingerprint density at radius 2 is 2.21 bits per heavy atom. The first-order valence-electron chi connectivity index (χ1n) is 4.84. The van der Waals surface area contributed by atoms with Gasteiger partial charge in [0.25, 0.3) is 0 Å². The van der Waals surface area contributed by atoms with Crippen LogP contribution in [-0.2, 0) is 9.53 Å². The van der Waals surface area contributed by atoms with Gasteiger partial charge < -0.3 is 10.1 Å². The average Bonchev–Trinajstić information content (AvgIpc) is 2.14. The molecule has 3 heteroatoms. The first kappa shape index (κ1) is 12.8. The molecule has 0 bridgehead atoms. The molecule has 0 aromatic rings. The molecular weight excluding hydrogens is 178 g/mol. The summed E-state index contributed by atoms with van der Waals surface area (Å²) in [5.74, 6) is 0.576. The summed E-state index contributed by atoms with van der Waals surface area (Å²) in [6, 6.07) is 0. The number of hydrogen-bond acceptors (Lipinski definition) is 3. The Hall–Kier alpha value is -1.25. The van der Waals surface area contributed by atoms with Gasteiger partial charge in [-0.25, -0.2) is 0 Å². The smallest absolute Gasteiger partial charge is 0.190 e. The van der Waals surface area contributed by atoms with E-state index in [2.05, 4.69) is 11.9 Å². The zero-order valence-electron chi connectivity index (χ0n) is 9.17. The third-order valence-corrected chi connectivity index (χ3v) is 1.56. The van der Waals surface area contributed by atoms with Crippen LogP contribution in [0, 0.1) is 5.92 Å². The molecule has 0 unspecified atom stereocenters. The molecule has 0 heterocycles. The Balaban J connectivity index is 4.29. The van der Waals surface area contributed by atoms with Gasteiger partial charge in [-0.15, -0.1) is 6.58 Å². The zero-order valence-corrected chi connectivity index (χ0v) is 9.17. The SMILES string of the molecule is C=CCN/C(=C\C(=O)C(C)C)OCC. The number of carbonyl (C=O) groups is 1. The van der Waals surface area contributed by atoms with Crippen LogP contribution >= 0.6 is 0 Å². The highest BCUT2D eigenvalue weighted by Crippen LogP contribution is 2.00. The summed E-state index contributed by atoms with van der Waals surface area (Å²) in [6.07, 6.45) is 3.21. The van der Waals surface area contributed by atoms with Crippen molar-refractivity contribution in [2.75, 3.05) is 13.2 Å². The van der Waals surface area contributed by atoms with E-state index < -0.39 is 0 Å². The minimum absolute atomic E-state index is 0.00372. The third kappa shape index (κ3) is 5.41. The fraction of sp³-hybridized carbons (Fsp3) is 0.545. The van der Waals surface area contributed by atoms with E-state index in [1.54, 1.807) is 6.08 Å². The van der Waals surface area contributed by atoms with Gasteiger partial charge in [-0.2, -0.15) is 0 Å². The monoisotopic (exact) mass is 197 g/mol. The summed E-state index contributed by atoms with van der Waals surface area (Å²) in [6.45, 7) is 10.3. The topological polar surface area (TPSA) is 38.3 Å². The Morgan fingerprint density at radius 3 is 2.64 bits per heavy atom. The van der Waals surface area contributed by atoms with Crippen LogP contribution in [0.5, 0.6) is 0 Å². The van der Waals surface area contributed by atoms with Gasteiger partial charge in [0.05, 0.1) is 6.61 Å². The molecule has 0 saturated carbocycles. The number of nitrogens with one attached hydrogen (secondary N) is 1. The van der Waals surface area contributed by atoms with Crippen LogP contribution in [0.1, 0.15) is 20.8 Å². The first-order chi connectivity index (χ1) is 6.61. The van der Waals surface area contributed by atoms with E-state index in [-0.39, 0.29) is 11.7 Å². The van der Waals surface area contributed by atoms with Crippen LogP contribution in [0.15, 0.2) is 24.6 Å². The van der Waals surface area contributed by atoms with Gasteiger partial charge in [-0.05, 0) is 6.92 Å². The van der Waals surface area contributed by atoms with Gasteiger partial charge in [0.15, 0.2) is 11.7 Å². The molecule has 0 radical (unpaired) electrons. The quantitative estimate of drug-likeness (QED) is 0.384. The van der Waals surface area contributed by atoms with E-state index in [4.69, 9.17) is 4.74 Å². The van der Waals surface area contributed by atoms with E-state index >= 15 is 0 Å². The summed E-state index contributed by atoms with van der Waals surface area (Å²) in [4.78, 5) is 11.4. The predicted molar refractivity (Wildman–Crippen MR) is 57.8 cm³/mol. The summed E-state index contributed by atoms with van der Waals surface area (Å²) in [5, 5.41) is 2.96. The molecule has 3 nitrogen and oxygen atoms in total. The minimum atomic E-state index is -0.00372. The van der Waals surface area contributed by atoms with Crippen LogP contribution in [-0.4, -0.2) is 18.9 Å². The number of ether oxygens (including phenoxy) is 1. The van der Waals surface area contributed by atoms with Crippen LogP contribution < -0.4 is 5.32 Å². The molecule has 0 aromatic carbocycles. The Labute approximate surface area is 85.8 Å². The van der Waals surface area contributed by atoms with Crippen molar-refractivity contribution >= 4 is 5.78 Å². The number of carbonyl (C=O) groups excluding carboxylic acids is 1. The zero-order chi connectivity index (χ0) is 11.0. The molecule has 14 heavy (non-hydrogen) atoms. The van der Waals surface area contributed by atoms with Crippen molar-refractivity contribution in [2.45, 2.75) is 20.8 Å². The molecule has 0 aliphatic heterocycles. The highest BCUT2D eigenvalue weighted by Gasteiger charge is 2.06. The Kier molecular flexibility index (Phi) is 6.54. The van der Waals surface area contributed by atoms with Crippen molar-refractivity contribution in [2.24, 2.45) is 5.92 Å². The lowest BCUT2D eigenvalue weighted by molar-refractivity contribution is -0.117. The highest BCUT2D eigenvalue weighted by atomic mass is 16.5. The van der Waals surface area contributed by atoms with E-state index in [1.165, 1.54) is 6.08 Å². The second-order valence-corrected chi connectivity index (χ2v) is 3.17. The molecule has 0 aromatic heterocycles. The minimum Gasteiger partial charge on any atom is -0.479 e. The van der Waals surface area contributed by atoms with Gasteiger partial charge in [0, 0.05) is 18.5 Å². The van der Waals surface area contributed by atoms with Crippen molar-refractivity contribution in [3.63, 3.8) is 0 Å². The molecular formula is C11H19NO2. The lowest BCUT2D eigenvalue weighted by Gasteiger charge is -2.09. The molecule has 0 aliphatic carbocycles. The number of hydrogen-bond donors (Lipinski definition) is 1. The van der Waals surface area contributed by atoms with Gasteiger partial charge in [-0.1, -0.05) is 19.9 Å². The summed E-state index contributed by atoms with van der Waals surface area (Å²) in [5.41, 5.74) is 0. The molecule has 80 valence electrons. The summed E-state index contributed by atoms with van der Waals surface area (Å²) in [7, 11) is 0. The standard InChI is InChI=1S/C11H19NO2/c1-5-7-12-11(14-6-2)8-10(13)9(3)4/h5,8-9,12H,1,6-7H2,2-4H3/b11-8+. The number of allylic oxidation sites excluding steroid dienone is 1. The molecule has 1 N–H and O–H groups in total. The molecule has 0 amide bonds. The Bertz CT molecular complexity index is 219. The lowest BCUT2D eigenvalue weighted by atomic mass is 10.1. The van der Waals surface area contributed by atoms with Crippen molar-refractivity contribution in [3.8, 4) is 0 Å². The van der Waals surface area contributed by atoms with E-state index in [0.29, 0.717) is 19.0 Å². The van der Waals surface area contributed by atoms with Crippen LogP contribution in [0.25, 0.3) is 0 Å². The first-order valence-corrected chi connectivity index (χ1v) is 4.84. The summed E-state index contributed by atoms with van der Waals surface area (Å²) < 4.78 is 5.25. The predicted octanol–water partition coefficient (Wildman–Crippen LogP) is 1.86. The molecule has 0 atom stereocenters. The fourth-order valence-electron chi connectivity index (χ4n) is 0.768. The molecule has 0 rings (SSSR count). The Morgan fingerprint density at radius 1 is 1.57 bits per heavy atom. The van der Waals surface area contributed by atoms with Crippen LogP contribution in [0.4, 0.5) is 0 Å². The maximum atomic E-state index is 11.4. The molecule has 0 spiro atoms. The fourth-order valence-corrected chi connectivity index (χ4v) is 0.768. The van der Waals surface area contributed by atoms with Crippen LogP contribution in [0.2, 0.25) is 0 Å². The maximum Gasteiger partial charge on any atom is 0.190 e. The third-order valence-electron chi connectivity index (χ3n) is 1.56. The lowest BCUT2D eigenvalue weighted by Crippen LogP contribution is -2.18. The summed E-state index contributed by atoms with van der Waals surface area (Å²) >= 11 is 0. The van der Waals surface area contributed by atoms with Gasteiger partial charge in [0.1, 0.15) is 0 Å². The number of rotatable bonds is 7. The van der Waals surface area contributed by atoms with E-state index in [9.17, 15) is 4.79 Å². The second kappa shape index (κ2) is 7.18. The van der Waals surface area contributed by atoms with Crippen molar-refractivity contribution < 1.29 is 9.53 Å². The normalized spacial score (nSPS) is 11.3. The van der Waals surface area contributed by atoms with Gasteiger partial charge in [0.2, 0.25) is 0 Å². The molecule has 0 aliphatic rings. The van der Waals surface area contributed by atoms with Gasteiger partial charge >= 0.3 is 0 Å². The van der Waals surface area contributed by atoms with Gasteiger partial charge in [-0.3, -0.25) is 4.79 Å². The van der Waals surface area contributed by atoms with Crippen LogP contribution in [0.3, 0.4) is 0 Å². The number of ketones is 1. The van der Waals surface area contributed by atoms with Crippen molar-refractivity contribution in [1.29, 1.82) is 0 Å². The average molecular weight is 197 g/mol. The van der Waals surface area contributed by atoms with E-state index in [1.807, 2.05) is 20.8 Å². The second-order valence-electron chi connectivity index (χ2n) is 3.17.